The number of benzene rings is 4. The van der Waals surface area contributed by atoms with E-state index in [0.717, 1.165) is 76.0 Å². The number of carbonyl (C=O) groups is 3. The number of aliphatic hydroxyl groups excluding tert-OH is 2. The van der Waals surface area contributed by atoms with E-state index >= 15 is 0 Å². The monoisotopic (exact) mass is 2100 g/mol. The van der Waals surface area contributed by atoms with Gasteiger partial charge in [-0.05, 0) is 96.7 Å². The van der Waals surface area contributed by atoms with Crippen LogP contribution >= 0.6 is 0 Å². The van der Waals surface area contributed by atoms with Crippen molar-refractivity contribution in [3.8, 4) is 45.0 Å². The second-order valence-corrected chi connectivity index (χ2v) is 20.5. The molecule has 11 aromatic rings. The molecule has 0 fully saturated rings. The third-order valence-electron chi connectivity index (χ3n) is 12.1. The fourth-order valence-corrected chi connectivity index (χ4v) is 7.84. The van der Waals surface area contributed by atoms with Crippen LogP contribution in [0.1, 0.15) is 113 Å². The van der Waals surface area contributed by atoms with Gasteiger partial charge in [0.1, 0.15) is 17.1 Å². The molecule has 11 rings (SSSR count). The number of halogens is 6. The van der Waals surface area contributed by atoms with Crippen molar-refractivity contribution in [3.63, 3.8) is 0 Å². The van der Waals surface area contributed by atoms with Crippen LogP contribution in [0.2, 0.25) is 0 Å². The molecule has 7 aromatic heterocycles. The zero-order chi connectivity index (χ0) is 71.6. The van der Waals surface area contributed by atoms with Gasteiger partial charge in [0.05, 0.1) is 23.6 Å². The Bertz CT molecular complexity index is 3930. The van der Waals surface area contributed by atoms with Crippen LogP contribution in [0, 0.1) is 86.9 Å². The van der Waals surface area contributed by atoms with Crippen molar-refractivity contribution in [3.05, 3.63) is 281 Å². The average molecular weight is 2100 g/mol. The van der Waals surface area contributed by atoms with Crippen LogP contribution in [-0.4, -0.2) is 110 Å². The summed E-state index contributed by atoms with van der Waals surface area (Å²) in [5.41, 5.74) is 8.94. The Morgan fingerprint density at radius 2 is 0.782 bits per heavy atom. The van der Waals surface area contributed by atoms with Gasteiger partial charge in [-0.25, -0.2) is 29.3 Å². The van der Waals surface area contributed by atoms with Gasteiger partial charge in [-0.3, -0.25) is 46.3 Å². The zero-order valence-electron chi connectivity index (χ0n) is 55.3. The van der Waals surface area contributed by atoms with Crippen LogP contribution in [-0.2, 0) is 86.8 Å². The Morgan fingerprint density at radius 1 is 0.426 bits per heavy atom. The predicted octanol–water partition coefficient (Wildman–Crippen LogP) is 14.0. The van der Waals surface area contributed by atoms with Crippen LogP contribution in [0.3, 0.4) is 0 Å². The first-order chi connectivity index (χ1) is 46.2. The third-order valence-corrected chi connectivity index (χ3v) is 12.1. The molecule has 0 bridgehead atoms. The molecule has 540 valence electrons. The number of nitrogens with zero attached hydrogens (tertiary/aromatic N) is 11. The summed E-state index contributed by atoms with van der Waals surface area (Å²) in [7, 11) is 0. The second-order valence-electron chi connectivity index (χ2n) is 20.5. The van der Waals surface area contributed by atoms with Crippen molar-refractivity contribution in [2.45, 2.75) is 93.3 Å². The number of aliphatic hydroxyl groups is 2. The maximum atomic E-state index is 13.5. The average Bonchev–Trinajstić information content (AvgIpc) is 0.840. The van der Waals surface area contributed by atoms with E-state index in [0.29, 0.717) is 29.2 Å². The fraction of sp³-hybridized carbons (Fsp3) is 0.194. The molecule has 2 unspecified atom stereocenters. The Balaban J connectivity index is 0.00000114. The minimum absolute atomic E-state index is 0. The van der Waals surface area contributed by atoms with Gasteiger partial charge < -0.3 is 45.5 Å². The molecule has 4 radical (unpaired) electrons. The van der Waals surface area contributed by atoms with Crippen LogP contribution in [0.25, 0.3) is 45.0 Å². The predicted molar refractivity (Wildman–Crippen MR) is 349 cm³/mol. The topological polar surface area (TPSA) is 294 Å². The summed E-state index contributed by atoms with van der Waals surface area (Å²) in [4.78, 5) is 74.7. The van der Waals surface area contributed by atoms with Gasteiger partial charge in [-0.15, -0.1) is 83.9 Å². The summed E-state index contributed by atoms with van der Waals surface area (Å²) in [5.74, 6) is -5.94. The van der Waals surface area contributed by atoms with E-state index in [-0.39, 0.29) is 138 Å². The molecule has 0 amide bonds. The van der Waals surface area contributed by atoms with E-state index in [4.69, 9.17) is 25.5 Å². The van der Waals surface area contributed by atoms with Crippen LogP contribution in [0.15, 0.2) is 171 Å². The maximum Gasteiger partial charge on any atom is 0.354 e. The van der Waals surface area contributed by atoms with Crippen molar-refractivity contribution >= 4 is 17.9 Å². The van der Waals surface area contributed by atoms with Crippen molar-refractivity contribution < 1.29 is 147 Å². The van der Waals surface area contributed by atoms with Gasteiger partial charge in [0.2, 0.25) is 0 Å². The SMILES string of the molecule is CC(C)c1nccnc1-c1[c-]cc(F)cc1.CC(O)CC(C)O.CCc1nccnc1-c1[c-]cc(F)cc1.Cc1cnc(-c2[c-]cc(F)cc2F)c(C)n1.Cc1cnc(-c2[c-]cc(F)cc2F)c(C)n1.O=C(O)c1ccccn1.O=C(O)c1ccccn1.O=C(O)c1ccccn1.[Ir].[Ir].[Ir].[Ir]. The summed E-state index contributed by atoms with van der Waals surface area (Å²) >= 11 is 0. The summed E-state index contributed by atoms with van der Waals surface area (Å²) < 4.78 is 77.9. The van der Waals surface area contributed by atoms with Crippen LogP contribution < -0.4 is 0 Å². The first-order valence-corrected chi connectivity index (χ1v) is 29.3. The number of hydrogen-bond donors (Lipinski definition) is 5. The number of aromatic carboxylic acids is 3. The van der Waals surface area contributed by atoms with Crippen LogP contribution in [0.4, 0.5) is 26.3 Å². The number of rotatable bonds is 11. The van der Waals surface area contributed by atoms with E-state index in [1.54, 1.807) is 127 Å². The second kappa shape index (κ2) is 48.9. The van der Waals surface area contributed by atoms with E-state index in [2.05, 4.69) is 92.9 Å². The van der Waals surface area contributed by atoms with E-state index < -0.39 is 41.2 Å². The van der Waals surface area contributed by atoms with Crippen molar-refractivity contribution in [2.24, 2.45) is 0 Å². The van der Waals surface area contributed by atoms with Crippen molar-refractivity contribution in [1.82, 2.24) is 54.8 Å². The minimum Gasteiger partial charge on any atom is -0.477 e. The van der Waals surface area contributed by atoms with Gasteiger partial charge in [0.25, 0.3) is 0 Å². The number of aryl methyl sites for hydroxylation is 5. The number of aromatic nitrogens is 11. The van der Waals surface area contributed by atoms with Crippen molar-refractivity contribution in [2.75, 3.05) is 0 Å². The molecule has 101 heavy (non-hydrogen) atoms. The molecule has 0 aliphatic carbocycles. The zero-order valence-corrected chi connectivity index (χ0v) is 64.9. The van der Waals surface area contributed by atoms with E-state index in [1.165, 1.54) is 61.1 Å². The van der Waals surface area contributed by atoms with E-state index in [9.17, 15) is 40.7 Å². The number of pyridine rings is 3. The molecular formula is C72H67F6Ir4N11O8-4. The number of carboxylic acids is 3. The number of hydrogen-bond acceptors (Lipinski definition) is 16. The minimum atomic E-state index is -0.990. The normalized spacial score (nSPS) is 10.2. The molecule has 7 heterocycles. The molecule has 0 aliphatic heterocycles. The standard InChI is InChI=1S/C13H12FN2.2C12H9F2N2.C12H10FN2.3C6H5NO2.C5H12O2.4Ir/c1-9(2)12-13(16-8-7-15-12)10-3-5-11(14)6-4-10;2*1-7-6-15-12(8(2)16-7)10-4-3-9(13)5-11(10)14;1-2-11-12(15-8-7-14-11)9-3-5-10(13)6-4-9;3*8-6(9)5-3-1-2-4-7-5;1-4(6)3-5(2)7;;;;/h3,5-9H,1-2H3;2*3,5-6H,1-2H3;3,5-8H,2H2,1H3;3*1-4H,(H,8,9);4-7H,3H2,1-2H3;;;;/q4*-1;;;;;;;;. The molecule has 0 aliphatic rings. The van der Waals surface area contributed by atoms with Crippen LogP contribution in [0.5, 0.6) is 0 Å². The molecule has 19 nitrogen and oxygen atoms in total. The maximum absolute atomic E-state index is 13.5. The van der Waals surface area contributed by atoms with Gasteiger partial charge >= 0.3 is 17.9 Å². The van der Waals surface area contributed by atoms with Gasteiger partial charge in [0.15, 0.2) is 0 Å². The summed E-state index contributed by atoms with van der Waals surface area (Å²) in [6.45, 7) is 16.5. The van der Waals surface area contributed by atoms with E-state index in [1.807, 2.05) is 6.92 Å². The molecule has 0 spiro atoms. The first-order valence-electron chi connectivity index (χ1n) is 29.3. The Morgan fingerprint density at radius 3 is 1.07 bits per heavy atom. The molecule has 5 N–H and O–H groups in total. The van der Waals surface area contributed by atoms with Gasteiger partial charge in [-0.2, -0.15) is 0 Å². The van der Waals surface area contributed by atoms with Crippen molar-refractivity contribution in [1.29, 1.82) is 0 Å². The molecule has 0 saturated heterocycles. The fourth-order valence-electron chi connectivity index (χ4n) is 7.84. The summed E-state index contributed by atoms with van der Waals surface area (Å²) in [5, 5.41) is 42.1. The largest absolute Gasteiger partial charge is 0.477 e. The number of carboxylic acid groups (broad SMARTS) is 3. The smallest absolute Gasteiger partial charge is 0.354 e. The quantitative estimate of drug-likeness (QED) is 0.0594. The molecule has 0 saturated carbocycles. The molecule has 2 atom stereocenters. The Kier molecular flexibility index (Phi) is 44.6. The summed E-state index contributed by atoms with van der Waals surface area (Å²) in [6, 6.07) is 37.6. The molecular weight excluding hydrogens is 2030 g/mol. The Labute approximate surface area is 634 Å². The molecule has 4 aromatic carbocycles. The first kappa shape index (κ1) is 92.2. The van der Waals surface area contributed by atoms with Gasteiger partial charge in [0, 0.05) is 217 Å². The molecule has 29 heteroatoms. The Hall–Kier alpha value is -8.84. The van der Waals surface area contributed by atoms with Gasteiger partial charge in [-0.1, -0.05) is 62.2 Å². The third kappa shape index (κ3) is 33.5. The summed E-state index contributed by atoms with van der Waals surface area (Å²) in [6.07, 6.45) is 14.5.